The lowest BCUT2D eigenvalue weighted by atomic mass is 10.1. The Balaban J connectivity index is 2.16. The Morgan fingerprint density at radius 1 is 1.33 bits per heavy atom. The first kappa shape index (κ1) is 10.7. The largest absolute Gasteiger partial charge is 0.299 e. The molecule has 0 N–H and O–H groups in total. The Labute approximate surface area is 98.6 Å². The topological polar surface area (TPSA) is 27.0 Å². The highest BCUT2D eigenvalue weighted by Crippen LogP contribution is 2.19. The molecule has 1 aliphatic rings. The highest BCUT2D eigenvalue weighted by atomic mass is 79.9. The molecule has 3 heteroatoms. The van der Waals surface area contributed by atoms with Crippen LogP contribution in [0.15, 0.2) is 22.7 Å². The molecule has 1 aromatic carbocycles. The molecule has 0 aliphatic carbocycles. The van der Waals surface area contributed by atoms with Crippen LogP contribution in [0.5, 0.6) is 0 Å². The van der Waals surface area contributed by atoms with Gasteiger partial charge in [0.05, 0.1) is 11.6 Å². The zero-order valence-electron chi connectivity index (χ0n) is 8.54. The number of benzene rings is 1. The van der Waals surface area contributed by atoms with Crippen LogP contribution in [0.1, 0.15) is 24.0 Å². The number of hydrogen-bond acceptors (Lipinski definition) is 2. The number of nitrogens with zero attached hydrogens (tertiary/aromatic N) is 2. The summed E-state index contributed by atoms with van der Waals surface area (Å²) in [7, 11) is 0. The molecule has 2 nitrogen and oxygen atoms in total. The second kappa shape index (κ2) is 4.78. The molecule has 0 atom stereocenters. The van der Waals surface area contributed by atoms with E-state index in [-0.39, 0.29) is 0 Å². The molecular formula is C12H13BrN2. The second-order valence-electron chi connectivity index (χ2n) is 3.90. The van der Waals surface area contributed by atoms with Gasteiger partial charge in [-0.05, 0) is 43.6 Å². The average Bonchev–Trinajstić information content (AvgIpc) is 2.73. The quantitative estimate of drug-likeness (QED) is 0.822. The Morgan fingerprint density at radius 2 is 2.07 bits per heavy atom. The van der Waals surface area contributed by atoms with Crippen molar-refractivity contribution in [2.24, 2.45) is 0 Å². The molecule has 15 heavy (non-hydrogen) atoms. The van der Waals surface area contributed by atoms with E-state index in [1.165, 1.54) is 25.9 Å². The van der Waals surface area contributed by atoms with Crippen molar-refractivity contribution in [3.8, 4) is 6.07 Å². The van der Waals surface area contributed by atoms with E-state index in [1.807, 2.05) is 18.2 Å². The minimum Gasteiger partial charge on any atom is -0.299 e. The highest BCUT2D eigenvalue weighted by Gasteiger charge is 2.13. The molecule has 0 spiro atoms. The molecule has 1 aromatic rings. The summed E-state index contributed by atoms with van der Waals surface area (Å²) in [4.78, 5) is 2.41. The van der Waals surface area contributed by atoms with Crippen LogP contribution in [0.25, 0.3) is 0 Å². The van der Waals surface area contributed by atoms with E-state index in [4.69, 9.17) is 5.26 Å². The monoisotopic (exact) mass is 264 g/mol. The van der Waals surface area contributed by atoms with Crippen molar-refractivity contribution in [2.45, 2.75) is 19.4 Å². The number of halogens is 1. The molecule has 1 fully saturated rings. The Bertz CT molecular complexity index is 389. The van der Waals surface area contributed by atoms with Gasteiger partial charge in [0, 0.05) is 11.0 Å². The highest BCUT2D eigenvalue weighted by molar-refractivity contribution is 9.10. The second-order valence-corrected chi connectivity index (χ2v) is 4.81. The molecular weight excluding hydrogens is 252 g/mol. The van der Waals surface area contributed by atoms with E-state index in [1.54, 1.807) is 0 Å². The van der Waals surface area contributed by atoms with Gasteiger partial charge in [0.2, 0.25) is 0 Å². The Morgan fingerprint density at radius 3 is 2.73 bits per heavy atom. The van der Waals surface area contributed by atoms with Gasteiger partial charge in [-0.1, -0.05) is 22.0 Å². The van der Waals surface area contributed by atoms with Gasteiger partial charge >= 0.3 is 0 Å². The molecule has 0 amide bonds. The van der Waals surface area contributed by atoms with Crippen LogP contribution in [0, 0.1) is 11.3 Å². The fraction of sp³-hybridized carbons (Fsp3) is 0.417. The Hall–Kier alpha value is -0.850. The maximum Gasteiger partial charge on any atom is 0.0995 e. The van der Waals surface area contributed by atoms with Gasteiger partial charge in [-0.3, -0.25) is 4.90 Å². The fourth-order valence-electron chi connectivity index (χ4n) is 1.97. The lowest BCUT2D eigenvalue weighted by Crippen LogP contribution is -2.18. The number of rotatable bonds is 2. The maximum absolute atomic E-state index is 9.03. The van der Waals surface area contributed by atoms with Crippen molar-refractivity contribution >= 4 is 15.9 Å². The van der Waals surface area contributed by atoms with Crippen molar-refractivity contribution < 1.29 is 0 Å². The van der Waals surface area contributed by atoms with Gasteiger partial charge in [0.1, 0.15) is 0 Å². The molecule has 0 saturated carbocycles. The van der Waals surface area contributed by atoms with Crippen LogP contribution in [0.4, 0.5) is 0 Å². The summed E-state index contributed by atoms with van der Waals surface area (Å²) >= 11 is 3.39. The summed E-state index contributed by atoms with van der Waals surface area (Å²) in [5.74, 6) is 0. The molecule has 2 rings (SSSR count). The van der Waals surface area contributed by atoms with E-state index in [2.05, 4.69) is 26.9 Å². The first-order valence-corrected chi connectivity index (χ1v) is 6.00. The van der Waals surface area contributed by atoms with Gasteiger partial charge in [-0.25, -0.2) is 0 Å². The third kappa shape index (κ3) is 2.58. The van der Waals surface area contributed by atoms with Crippen LogP contribution in [-0.2, 0) is 6.54 Å². The first-order chi connectivity index (χ1) is 7.29. The van der Waals surface area contributed by atoms with Gasteiger partial charge in [-0.2, -0.15) is 5.26 Å². The lowest BCUT2D eigenvalue weighted by Gasteiger charge is -2.15. The van der Waals surface area contributed by atoms with Crippen LogP contribution in [-0.4, -0.2) is 18.0 Å². The predicted octanol–water partition coefficient (Wildman–Crippen LogP) is 2.92. The van der Waals surface area contributed by atoms with Gasteiger partial charge < -0.3 is 0 Å². The van der Waals surface area contributed by atoms with E-state index in [0.717, 1.165) is 22.1 Å². The molecule has 0 aromatic heterocycles. The summed E-state index contributed by atoms with van der Waals surface area (Å²) in [5.41, 5.74) is 1.93. The summed E-state index contributed by atoms with van der Waals surface area (Å²) in [6, 6.07) is 8.20. The van der Waals surface area contributed by atoms with Gasteiger partial charge in [-0.15, -0.1) is 0 Å². The first-order valence-electron chi connectivity index (χ1n) is 5.20. The zero-order valence-corrected chi connectivity index (χ0v) is 10.1. The number of nitriles is 1. The van der Waals surface area contributed by atoms with Gasteiger partial charge in [0.25, 0.3) is 0 Å². The zero-order chi connectivity index (χ0) is 10.7. The van der Waals surface area contributed by atoms with Crippen LogP contribution >= 0.6 is 15.9 Å². The van der Waals surface area contributed by atoms with E-state index < -0.39 is 0 Å². The van der Waals surface area contributed by atoms with Crippen molar-refractivity contribution in [2.75, 3.05) is 13.1 Å². The van der Waals surface area contributed by atoms with Gasteiger partial charge in [0.15, 0.2) is 0 Å². The van der Waals surface area contributed by atoms with E-state index in [0.29, 0.717) is 0 Å². The smallest absolute Gasteiger partial charge is 0.0995 e. The minimum absolute atomic E-state index is 0.788. The lowest BCUT2D eigenvalue weighted by molar-refractivity contribution is 0.331. The molecule has 1 heterocycles. The summed E-state index contributed by atoms with van der Waals surface area (Å²) in [6.07, 6.45) is 2.58. The normalized spacial score (nSPS) is 16.5. The summed E-state index contributed by atoms with van der Waals surface area (Å²) in [5, 5.41) is 9.03. The van der Waals surface area contributed by atoms with E-state index >= 15 is 0 Å². The standard InChI is InChI=1S/C12H13BrN2/c13-12-4-3-10(11(7-12)8-14)9-15-5-1-2-6-15/h3-4,7H,1-2,5-6,9H2. The third-order valence-corrected chi connectivity index (χ3v) is 3.28. The molecule has 1 aliphatic heterocycles. The molecule has 78 valence electrons. The molecule has 1 saturated heterocycles. The van der Waals surface area contributed by atoms with Crippen molar-refractivity contribution in [1.82, 2.24) is 4.90 Å². The van der Waals surface area contributed by atoms with Crippen molar-refractivity contribution in [1.29, 1.82) is 5.26 Å². The Kier molecular flexibility index (Phi) is 3.40. The van der Waals surface area contributed by atoms with Crippen molar-refractivity contribution in [3.05, 3.63) is 33.8 Å². The minimum atomic E-state index is 0.788. The van der Waals surface area contributed by atoms with Crippen LogP contribution < -0.4 is 0 Å². The predicted molar refractivity (Wildman–Crippen MR) is 63.4 cm³/mol. The molecule has 0 unspecified atom stereocenters. The molecule has 0 radical (unpaired) electrons. The third-order valence-electron chi connectivity index (χ3n) is 2.79. The average molecular weight is 265 g/mol. The maximum atomic E-state index is 9.03. The fourth-order valence-corrected chi connectivity index (χ4v) is 2.33. The van der Waals surface area contributed by atoms with Crippen molar-refractivity contribution in [3.63, 3.8) is 0 Å². The number of hydrogen-bond donors (Lipinski definition) is 0. The summed E-state index contributed by atoms with van der Waals surface area (Å²) < 4.78 is 0.976. The SMILES string of the molecule is N#Cc1cc(Br)ccc1CN1CCCC1. The van der Waals surface area contributed by atoms with Crippen LogP contribution in [0.2, 0.25) is 0 Å². The number of likely N-dealkylation sites (tertiary alicyclic amines) is 1. The molecule has 0 bridgehead atoms. The van der Waals surface area contributed by atoms with E-state index in [9.17, 15) is 0 Å². The van der Waals surface area contributed by atoms with Crippen LogP contribution in [0.3, 0.4) is 0 Å². The summed E-state index contributed by atoms with van der Waals surface area (Å²) in [6.45, 7) is 3.25.